The van der Waals surface area contributed by atoms with Crippen molar-refractivity contribution in [3.8, 4) is 0 Å². The fourth-order valence-electron chi connectivity index (χ4n) is 1.11. The van der Waals surface area contributed by atoms with E-state index in [1.165, 1.54) is 18.4 Å². The van der Waals surface area contributed by atoms with Crippen LogP contribution in [0, 0.1) is 0 Å². The molecule has 1 aromatic rings. The summed E-state index contributed by atoms with van der Waals surface area (Å²) in [5.41, 5.74) is 0. The van der Waals surface area contributed by atoms with Crippen LogP contribution < -0.4 is 5.32 Å². The van der Waals surface area contributed by atoms with Gasteiger partial charge in [-0.05, 0) is 11.4 Å². The highest BCUT2D eigenvalue weighted by Crippen LogP contribution is 2.17. The van der Waals surface area contributed by atoms with Crippen LogP contribution in [0.15, 0.2) is 17.5 Å². The van der Waals surface area contributed by atoms with Gasteiger partial charge in [-0.15, -0.1) is 11.3 Å². The molecule has 84 valence electrons. The molecular weight excluding hydrogens is 214 g/mol. The summed E-state index contributed by atoms with van der Waals surface area (Å²) in [5.74, 6) is -0.242. The van der Waals surface area contributed by atoms with Gasteiger partial charge in [-0.3, -0.25) is 4.79 Å². The Kier molecular flexibility index (Phi) is 5.31. The number of aliphatic hydroxyl groups excluding tert-OH is 1. The maximum atomic E-state index is 10.8. The van der Waals surface area contributed by atoms with Crippen LogP contribution in [0.2, 0.25) is 0 Å². The molecule has 0 aromatic carbocycles. The number of hydrogen-bond donors (Lipinski definition) is 2. The average Bonchev–Trinajstić information content (AvgIpc) is 2.77. The highest BCUT2D eigenvalue weighted by atomic mass is 32.1. The standard InChI is InChI=1S/C10H15NO3S/c1-14-10(13)4-5-11-7-8(12)9-3-2-6-15-9/h2-3,6,8,11-12H,4-5,7H2,1H3. The molecule has 1 atom stereocenters. The lowest BCUT2D eigenvalue weighted by molar-refractivity contribution is -0.140. The maximum Gasteiger partial charge on any atom is 0.306 e. The molecule has 0 aliphatic heterocycles. The molecule has 0 aliphatic rings. The molecule has 1 unspecified atom stereocenters. The number of thiophene rings is 1. The number of nitrogens with one attached hydrogen (secondary N) is 1. The zero-order valence-electron chi connectivity index (χ0n) is 8.60. The number of carbonyl (C=O) groups is 1. The van der Waals surface area contributed by atoms with Gasteiger partial charge >= 0.3 is 5.97 Å². The number of carbonyl (C=O) groups excluding carboxylic acids is 1. The van der Waals surface area contributed by atoms with Gasteiger partial charge in [-0.2, -0.15) is 0 Å². The summed E-state index contributed by atoms with van der Waals surface area (Å²) in [7, 11) is 1.36. The Morgan fingerprint density at radius 3 is 3.13 bits per heavy atom. The highest BCUT2D eigenvalue weighted by Gasteiger charge is 2.07. The fourth-order valence-corrected chi connectivity index (χ4v) is 1.82. The first-order valence-electron chi connectivity index (χ1n) is 4.73. The van der Waals surface area contributed by atoms with Gasteiger partial charge in [0.05, 0.1) is 13.5 Å². The van der Waals surface area contributed by atoms with Crippen LogP contribution >= 0.6 is 11.3 Å². The van der Waals surface area contributed by atoms with Gasteiger partial charge in [0.1, 0.15) is 6.10 Å². The molecule has 0 fully saturated rings. The van der Waals surface area contributed by atoms with Gasteiger partial charge < -0.3 is 15.2 Å². The molecule has 2 N–H and O–H groups in total. The molecule has 0 spiro atoms. The molecule has 0 saturated heterocycles. The van der Waals surface area contributed by atoms with Crippen LogP contribution in [-0.2, 0) is 9.53 Å². The van der Waals surface area contributed by atoms with E-state index < -0.39 is 6.10 Å². The second-order valence-corrected chi connectivity index (χ2v) is 4.04. The minimum atomic E-state index is -0.498. The van der Waals surface area contributed by atoms with Crippen molar-refractivity contribution in [3.05, 3.63) is 22.4 Å². The van der Waals surface area contributed by atoms with Crippen molar-refractivity contribution < 1.29 is 14.6 Å². The van der Waals surface area contributed by atoms with Gasteiger partial charge in [0.25, 0.3) is 0 Å². The number of methoxy groups -OCH3 is 1. The minimum absolute atomic E-state index is 0.242. The van der Waals surface area contributed by atoms with Crippen LogP contribution in [-0.4, -0.2) is 31.3 Å². The minimum Gasteiger partial charge on any atom is -0.469 e. The Morgan fingerprint density at radius 1 is 1.73 bits per heavy atom. The Balaban J connectivity index is 2.13. The summed E-state index contributed by atoms with van der Waals surface area (Å²) in [5, 5.41) is 14.6. The quantitative estimate of drug-likeness (QED) is 0.563. The highest BCUT2D eigenvalue weighted by molar-refractivity contribution is 7.10. The number of ether oxygens (including phenoxy) is 1. The molecule has 0 radical (unpaired) electrons. The molecule has 0 saturated carbocycles. The van der Waals surface area contributed by atoms with Crippen LogP contribution in [0.25, 0.3) is 0 Å². The van der Waals surface area contributed by atoms with Gasteiger partial charge in [0.2, 0.25) is 0 Å². The predicted octanol–water partition coefficient (Wildman–Crippen LogP) is 0.934. The van der Waals surface area contributed by atoms with Gasteiger partial charge in [-0.25, -0.2) is 0 Å². The van der Waals surface area contributed by atoms with E-state index in [9.17, 15) is 9.90 Å². The predicted molar refractivity (Wildman–Crippen MR) is 58.8 cm³/mol. The van der Waals surface area contributed by atoms with Crippen LogP contribution in [0.3, 0.4) is 0 Å². The first-order chi connectivity index (χ1) is 7.24. The number of esters is 1. The zero-order valence-corrected chi connectivity index (χ0v) is 9.42. The van der Waals surface area contributed by atoms with E-state index in [1.54, 1.807) is 0 Å². The monoisotopic (exact) mass is 229 g/mol. The molecule has 15 heavy (non-hydrogen) atoms. The van der Waals surface area contributed by atoms with E-state index in [4.69, 9.17) is 0 Å². The molecule has 1 rings (SSSR count). The van der Waals surface area contributed by atoms with Crippen molar-refractivity contribution >= 4 is 17.3 Å². The Labute approximate surface area is 92.9 Å². The molecule has 0 aliphatic carbocycles. The van der Waals surface area contributed by atoms with E-state index in [1.807, 2.05) is 17.5 Å². The summed E-state index contributed by atoms with van der Waals surface area (Å²) in [6, 6.07) is 3.79. The number of aliphatic hydroxyl groups is 1. The van der Waals surface area contributed by atoms with E-state index in [2.05, 4.69) is 10.1 Å². The Hall–Kier alpha value is -0.910. The van der Waals surface area contributed by atoms with Crippen LogP contribution in [0.5, 0.6) is 0 Å². The molecule has 5 heteroatoms. The van der Waals surface area contributed by atoms with Crippen molar-refractivity contribution in [1.29, 1.82) is 0 Å². The summed E-state index contributed by atoms with van der Waals surface area (Å²) >= 11 is 1.52. The second-order valence-electron chi connectivity index (χ2n) is 3.06. The lowest BCUT2D eigenvalue weighted by Crippen LogP contribution is -2.24. The van der Waals surface area contributed by atoms with Crippen LogP contribution in [0.1, 0.15) is 17.4 Å². The third-order valence-electron chi connectivity index (χ3n) is 1.94. The summed E-state index contributed by atoms with van der Waals surface area (Å²) in [4.78, 5) is 11.7. The molecule has 1 heterocycles. The average molecular weight is 229 g/mol. The number of hydrogen-bond acceptors (Lipinski definition) is 5. The Morgan fingerprint density at radius 2 is 2.53 bits per heavy atom. The Bertz CT molecular complexity index is 287. The van der Waals surface area contributed by atoms with Crippen molar-refractivity contribution in [2.24, 2.45) is 0 Å². The first kappa shape index (κ1) is 12.2. The SMILES string of the molecule is COC(=O)CCNCC(O)c1cccs1. The van der Waals surface area contributed by atoms with E-state index in [0.717, 1.165) is 4.88 Å². The first-order valence-corrected chi connectivity index (χ1v) is 5.61. The second kappa shape index (κ2) is 6.55. The van der Waals surface area contributed by atoms with Gasteiger partial charge in [0, 0.05) is 18.0 Å². The van der Waals surface area contributed by atoms with Crippen molar-refractivity contribution in [3.63, 3.8) is 0 Å². The lowest BCUT2D eigenvalue weighted by atomic mass is 10.3. The zero-order chi connectivity index (χ0) is 11.1. The summed E-state index contributed by atoms with van der Waals surface area (Å²) in [6.07, 6.45) is -0.171. The normalized spacial score (nSPS) is 12.4. The molecule has 1 aromatic heterocycles. The van der Waals surface area contributed by atoms with Gasteiger partial charge in [0.15, 0.2) is 0 Å². The molecule has 0 bridgehead atoms. The lowest BCUT2D eigenvalue weighted by Gasteiger charge is -2.09. The smallest absolute Gasteiger partial charge is 0.306 e. The van der Waals surface area contributed by atoms with E-state index in [0.29, 0.717) is 19.5 Å². The van der Waals surface area contributed by atoms with E-state index in [-0.39, 0.29) is 5.97 Å². The van der Waals surface area contributed by atoms with Crippen molar-refractivity contribution in [2.45, 2.75) is 12.5 Å². The van der Waals surface area contributed by atoms with Crippen molar-refractivity contribution in [1.82, 2.24) is 5.32 Å². The van der Waals surface area contributed by atoms with Crippen LogP contribution in [0.4, 0.5) is 0 Å². The molecular formula is C10H15NO3S. The van der Waals surface area contributed by atoms with E-state index >= 15 is 0 Å². The third kappa shape index (κ3) is 4.42. The van der Waals surface area contributed by atoms with Crippen molar-refractivity contribution in [2.75, 3.05) is 20.2 Å². The molecule has 4 nitrogen and oxygen atoms in total. The summed E-state index contributed by atoms with van der Waals surface area (Å²) < 4.78 is 4.49. The summed E-state index contributed by atoms with van der Waals surface area (Å²) in [6.45, 7) is 0.979. The largest absolute Gasteiger partial charge is 0.469 e. The maximum absolute atomic E-state index is 10.8. The van der Waals surface area contributed by atoms with Gasteiger partial charge in [-0.1, -0.05) is 6.07 Å². The topological polar surface area (TPSA) is 58.6 Å². The molecule has 0 amide bonds. The number of rotatable bonds is 6. The fraction of sp³-hybridized carbons (Fsp3) is 0.500. The third-order valence-corrected chi connectivity index (χ3v) is 2.92.